The van der Waals surface area contributed by atoms with Crippen molar-refractivity contribution < 1.29 is 9.18 Å². The van der Waals surface area contributed by atoms with Gasteiger partial charge < -0.3 is 15.5 Å². The van der Waals surface area contributed by atoms with Gasteiger partial charge in [-0.25, -0.2) is 4.39 Å². The number of nitrogens with one attached hydrogen (secondary N) is 2. The third-order valence-electron chi connectivity index (χ3n) is 6.38. The Morgan fingerprint density at radius 2 is 2.11 bits per heavy atom. The highest BCUT2D eigenvalue weighted by Crippen LogP contribution is 2.32. The number of nitrogens with zero attached hydrogens (tertiary/aromatic N) is 3. The van der Waals surface area contributed by atoms with Crippen LogP contribution in [0.25, 0.3) is 10.9 Å². The summed E-state index contributed by atoms with van der Waals surface area (Å²) < 4.78 is 13.8. The van der Waals surface area contributed by atoms with Crippen molar-refractivity contribution in [1.82, 2.24) is 14.8 Å². The van der Waals surface area contributed by atoms with Crippen LogP contribution in [-0.2, 0) is 4.79 Å². The molecule has 8 heteroatoms. The Hall–Kier alpha value is -3.18. The van der Waals surface area contributed by atoms with E-state index in [1.807, 2.05) is 19.1 Å². The van der Waals surface area contributed by atoms with Gasteiger partial charge in [-0.1, -0.05) is 18.4 Å². The first-order valence-corrected chi connectivity index (χ1v) is 12.5. The number of allylic oxidation sites excluding steroid dienone is 3. The van der Waals surface area contributed by atoms with Crippen LogP contribution < -0.4 is 10.6 Å². The van der Waals surface area contributed by atoms with Gasteiger partial charge in [0.2, 0.25) is 5.91 Å². The molecular formula is C28H31ClFN5O. The molecule has 1 aromatic heterocycles. The Balaban J connectivity index is 1.63. The molecule has 2 unspecified atom stereocenters. The van der Waals surface area contributed by atoms with E-state index in [1.165, 1.54) is 12.2 Å². The van der Waals surface area contributed by atoms with E-state index >= 15 is 0 Å². The van der Waals surface area contributed by atoms with Crippen molar-refractivity contribution in [2.75, 3.05) is 50.4 Å². The minimum Gasteiger partial charge on any atom is -0.355 e. The minimum absolute atomic E-state index is 0.318. The van der Waals surface area contributed by atoms with Crippen LogP contribution in [-0.4, -0.2) is 72.0 Å². The molecule has 0 saturated carbocycles. The van der Waals surface area contributed by atoms with Gasteiger partial charge in [0.05, 0.1) is 27.8 Å². The number of alkyl halides is 2. The van der Waals surface area contributed by atoms with Crippen LogP contribution in [0, 0.1) is 18.8 Å². The highest BCUT2D eigenvalue weighted by atomic mass is 35.5. The highest BCUT2D eigenvalue weighted by molar-refractivity contribution is 6.22. The predicted molar refractivity (Wildman–Crippen MR) is 146 cm³/mol. The second kappa shape index (κ2) is 11.7. The normalized spacial score (nSPS) is 20.4. The van der Waals surface area contributed by atoms with Gasteiger partial charge in [0.25, 0.3) is 0 Å². The fourth-order valence-corrected chi connectivity index (χ4v) is 4.41. The average Bonchev–Trinajstić information content (AvgIpc) is 2.87. The van der Waals surface area contributed by atoms with E-state index in [0.29, 0.717) is 16.9 Å². The maximum absolute atomic E-state index is 13.8. The van der Waals surface area contributed by atoms with Gasteiger partial charge in [-0.3, -0.25) is 14.7 Å². The number of anilines is 2. The van der Waals surface area contributed by atoms with Gasteiger partial charge in [-0.15, -0.1) is 11.6 Å². The largest absolute Gasteiger partial charge is 0.355 e. The quantitative estimate of drug-likeness (QED) is 0.343. The highest BCUT2D eigenvalue weighted by Gasteiger charge is 2.19. The van der Waals surface area contributed by atoms with Crippen molar-refractivity contribution in [2.24, 2.45) is 0 Å². The third-order valence-corrected chi connectivity index (χ3v) is 6.75. The molecule has 36 heavy (non-hydrogen) atoms. The molecule has 1 aliphatic heterocycles. The predicted octanol–water partition coefficient (Wildman–Crippen LogP) is 4.47. The zero-order chi connectivity index (χ0) is 25.7. The molecule has 1 aromatic carbocycles. The van der Waals surface area contributed by atoms with Crippen LogP contribution in [0.4, 0.5) is 15.8 Å². The summed E-state index contributed by atoms with van der Waals surface area (Å²) >= 11 is 6.09. The summed E-state index contributed by atoms with van der Waals surface area (Å²) in [6.07, 6.45) is 7.29. The van der Waals surface area contributed by atoms with E-state index in [0.717, 1.165) is 61.3 Å². The Morgan fingerprint density at radius 3 is 2.83 bits per heavy atom. The first-order valence-electron chi connectivity index (χ1n) is 12.1. The number of aryl methyl sites for hydroxylation is 1. The Morgan fingerprint density at radius 1 is 1.33 bits per heavy atom. The number of piperazine rings is 1. The van der Waals surface area contributed by atoms with Crippen LogP contribution in [0.15, 0.2) is 54.9 Å². The lowest BCUT2D eigenvalue weighted by atomic mass is 10.0. The molecule has 1 aliphatic carbocycles. The number of pyridine rings is 1. The number of aromatic nitrogens is 1. The molecule has 2 heterocycles. The van der Waals surface area contributed by atoms with Gasteiger partial charge in [0, 0.05) is 56.4 Å². The summed E-state index contributed by atoms with van der Waals surface area (Å²) in [6, 6.07) is 3.75. The Kier molecular flexibility index (Phi) is 8.42. The second-order valence-corrected chi connectivity index (χ2v) is 9.62. The van der Waals surface area contributed by atoms with Crippen LogP contribution in [0.2, 0.25) is 0 Å². The standard InChI is InChI=1S/C28H31ClFN5O/c1-4-27(36)33-25-17-22-26(15-20(25)7-5-6-10-35-13-11-34(3)12-14-35)31-18-19(2)28(22)32-21-8-9-24(30)23(29)16-21/h4,8-9,15-18,23-24H,1,6,10-14H2,2-3H3,(H,31,32)(H,33,36). The molecular weight excluding hydrogens is 477 g/mol. The number of hydrogen-bond donors (Lipinski definition) is 2. The van der Waals surface area contributed by atoms with Gasteiger partial charge in [-0.05, 0) is 56.0 Å². The topological polar surface area (TPSA) is 60.5 Å². The summed E-state index contributed by atoms with van der Waals surface area (Å²) in [5.74, 6) is 6.18. The van der Waals surface area contributed by atoms with Crippen molar-refractivity contribution >= 4 is 39.8 Å². The molecule has 188 valence electrons. The number of carbonyl (C=O) groups excluding carboxylic acids is 1. The maximum Gasteiger partial charge on any atom is 0.247 e. The van der Waals surface area contributed by atoms with Crippen molar-refractivity contribution in [1.29, 1.82) is 0 Å². The van der Waals surface area contributed by atoms with Crippen molar-refractivity contribution in [2.45, 2.75) is 24.9 Å². The molecule has 4 rings (SSSR count). The van der Waals surface area contributed by atoms with E-state index < -0.39 is 11.5 Å². The van der Waals surface area contributed by atoms with E-state index in [1.54, 1.807) is 18.3 Å². The maximum atomic E-state index is 13.8. The molecule has 0 radical (unpaired) electrons. The van der Waals surface area contributed by atoms with Gasteiger partial charge >= 0.3 is 0 Å². The molecule has 1 fully saturated rings. The van der Waals surface area contributed by atoms with E-state index in [4.69, 9.17) is 11.6 Å². The van der Waals surface area contributed by atoms with Crippen molar-refractivity contribution in [3.8, 4) is 11.8 Å². The zero-order valence-electron chi connectivity index (χ0n) is 20.7. The smallest absolute Gasteiger partial charge is 0.247 e. The molecule has 2 aromatic rings. The van der Waals surface area contributed by atoms with Crippen LogP contribution >= 0.6 is 11.6 Å². The van der Waals surface area contributed by atoms with Gasteiger partial charge in [0.1, 0.15) is 6.17 Å². The lowest BCUT2D eigenvalue weighted by molar-refractivity contribution is -0.111. The monoisotopic (exact) mass is 507 g/mol. The summed E-state index contributed by atoms with van der Waals surface area (Å²) in [7, 11) is 2.14. The van der Waals surface area contributed by atoms with E-state index in [-0.39, 0.29) is 5.91 Å². The molecule has 1 amide bonds. The molecule has 2 N–H and O–H groups in total. The first-order chi connectivity index (χ1) is 17.3. The number of halogens is 2. The van der Waals surface area contributed by atoms with Gasteiger partial charge in [-0.2, -0.15) is 0 Å². The number of benzene rings is 1. The molecule has 0 bridgehead atoms. The summed E-state index contributed by atoms with van der Waals surface area (Å²) in [5, 5.41) is 6.31. The number of fused-ring (bicyclic) bond motifs is 1. The number of hydrogen-bond acceptors (Lipinski definition) is 5. The minimum atomic E-state index is -1.22. The Bertz CT molecular complexity index is 1270. The molecule has 1 saturated heterocycles. The lowest BCUT2D eigenvalue weighted by Gasteiger charge is -2.31. The molecule has 2 aliphatic rings. The number of rotatable bonds is 6. The van der Waals surface area contributed by atoms with Gasteiger partial charge in [0.15, 0.2) is 0 Å². The van der Waals surface area contributed by atoms with Crippen LogP contribution in [0.3, 0.4) is 0 Å². The zero-order valence-corrected chi connectivity index (χ0v) is 21.4. The summed E-state index contributed by atoms with van der Waals surface area (Å²) in [5.41, 5.74) is 4.41. The van der Waals surface area contributed by atoms with Crippen molar-refractivity contribution in [3.63, 3.8) is 0 Å². The summed E-state index contributed by atoms with van der Waals surface area (Å²) in [6.45, 7) is 10.7. The van der Waals surface area contributed by atoms with Crippen LogP contribution in [0.1, 0.15) is 17.5 Å². The first kappa shape index (κ1) is 25.9. The number of carbonyl (C=O) groups is 1. The molecule has 6 nitrogen and oxygen atoms in total. The fraction of sp³-hybridized carbons (Fsp3) is 0.357. The number of likely N-dealkylation sites (N-methyl/N-ethyl adjacent to an activating group) is 1. The Labute approximate surface area is 216 Å². The second-order valence-electron chi connectivity index (χ2n) is 9.12. The number of amides is 1. The van der Waals surface area contributed by atoms with E-state index in [2.05, 4.69) is 50.9 Å². The van der Waals surface area contributed by atoms with E-state index in [9.17, 15) is 9.18 Å². The SMILES string of the molecule is C=CC(=O)Nc1cc2c(NC3=CC(Cl)C(F)C=C3)c(C)cnc2cc1C#CCCN1CCN(C)CC1. The third kappa shape index (κ3) is 6.33. The summed E-state index contributed by atoms with van der Waals surface area (Å²) in [4.78, 5) is 21.5. The fourth-order valence-electron chi connectivity index (χ4n) is 4.19. The van der Waals surface area contributed by atoms with Crippen LogP contribution in [0.5, 0.6) is 0 Å². The average molecular weight is 508 g/mol. The van der Waals surface area contributed by atoms with Crippen molar-refractivity contribution in [3.05, 3.63) is 66.0 Å². The lowest BCUT2D eigenvalue weighted by Crippen LogP contribution is -2.44. The molecule has 2 atom stereocenters. The molecule has 0 spiro atoms.